The van der Waals surface area contributed by atoms with Crippen molar-refractivity contribution in [2.75, 3.05) is 38.1 Å². The molecule has 4 heterocycles. The highest BCUT2D eigenvalue weighted by atomic mass is 35.5. The highest BCUT2D eigenvalue weighted by Crippen LogP contribution is 2.41. The lowest BCUT2D eigenvalue weighted by molar-refractivity contribution is -0.137. The fraction of sp³-hybridized carbons (Fsp3) is 0.429. The molecule has 0 spiro atoms. The minimum Gasteiger partial charge on any atom is -0.370 e. The Hall–Kier alpha value is -3.04. The number of likely N-dealkylation sites (tertiary alicyclic amines) is 1. The average molecular weight is 546 g/mol. The summed E-state index contributed by atoms with van der Waals surface area (Å²) in [5.74, 6) is -0.0237. The van der Waals surface area contributed by atoms with Crippen molar-refractivity contribution in [1.82, 2.24) is 19.8 Å². The van der Waals surface area contributed by atoms with Gasteiger partial charge in [-0.15, -0.1) is 0 Å². The maximum absolute atomic E-state index is 13.9. The van der Waals surface area contributed by atoms with E-state index in [0.29, 0.717) is 31.6 Å². The number of hydrogen-bond acceptors (Lipinski definition) is 4. The van der Waals surface area contributed by atoms with E-state index in [4.69, 9.17) is 16.6 Å². The lowest BCUT2D eigenvalue weighted by Gasteiger charge is -2.42. The lowest BCUT2D eigenvalue weighted by atomic mass is 9.72. The Morgan fingerprint density at radius 3 is 2.42 bits per heavy atom. The normalized spacial score (nSPS) is 20.1. The van der Waals surface area contributed by atoms with Crippen molar-refractivity contribution in [1.29, 1.82) is 0 Å². The number of carbonyl (C=O) groups excluding carboxylic acids is 1. The predicted molar refractivity (Wildman–Crippen MR) is 142 cm³/mol. The average Bonchev–Trinajstić information content (AvgIpc) is 3.51. The van der Waals surface area contributed by atoms with Crippen LogP contribution in [0.3, 0.4) is 0 Å². The summed E-state index contributed by atoms with van der Waals surface area (Å²) in [6.07, 6.45) is 1.18. The number of alkyl halides is 3. The van der Waals surface area contributed by atoms with E-state index < -0.39 is 17.2 Å². The van der Waals surface area contributed by atoms with Crippen LogP contribution < -0.4 is 10.2 Å². The molecule has 1 aromatic carbocycles. The number of carbonyl (C=O) groups is 1. The molecule has 0 radical (unpaired) electrons. The van der Waals surface area contributed by atoms with Gasteiger partial charge in [-0.3, -0.25) is 9.78 Å². The molecule has 202 valence electrons. The molecule has 0 bridgehead atoms. The monoisotopic (exact) mass is 545 g/mol. The maximum atomic E-state index is 13.9. The van der Waals surface area contributed by atoms with Crippen molar-refractivity contribution in [3.8, 4) is 11.4 Å². The van der Waals surface area contributed by atoms with Crippen molar-refractivity contribution < 1.29 is 18.0 Å². The number of pyridine rings is 1. The molecular formula is C28H31ClF3N5O. The lowest BCUT2D eigenvalue weighted by Crippen LogP contribution is -2.54. The molecule has 2 aromatic heterocycles. The Bertz CT molecular complexity index is 1300. The maximum Gasteiger partial charge on any atom is 0.416 e. The first kappa shape index (κ1) is 26.6. The van der Waals surface area contributed by atoms with Gasteiger partial charge in [-0.1, -0.05) is 17.7 Å². The quantitative estimate of drug-likeness (QED) is 0.484. The number of nitrogens with zero attached hydrogens (tertiary/aromatic N) is 4. The van der Waals surface area contributed by atoms with Crippen LogP contribution in [-0.4, -0.2) is 59.6 Å². The summed E-state index contributed by atoms with van der Waals surface area (Å²) in [6.45, 7) is 2.69. The largest absolute Gasteiger partial charge is 0.416 e. The Balaban J connectivity index is 1.41. The minimum absolute atomic E-state index is 0.0237. The second-order valence-corrected chi connectivity index (χ2v) is 10.8. The SMILES string of the molecule is CN1CC[C@H](NC(=O)C2(c3ccc(-c4cccn4C)nc3)CCN(c3ccc(C(F)(F)F)cc3Cl)CC2)C1. The van der Waals surface area contributed by atoms with E-state index in [1.807, 2.05) is 54.0 Å². The van der Waals surface area contributed by atoms with Crippen molar-refractivity contribution >= 4 is 23.2 Å². The fourth-order valence-electron chi connectivity index (χ4n) is 5.65. The van der Waals surface area contributed by atoms with Gasteiger partial charge < -0.3 is 19.7 Å². The van der Waals surface area contributed by atoms with Crippen LogP contribution >= 0.6 is 11.6 Å². The summed E-state index contributed by atoms with van der Waals surface area (Å²) in [6, 6.07) is 11.4. The van der Waals surface area contributed by atoms with Crippen LogP contribution in [0.4, 0.5) is 18.9 Å². The molecule has 1 amide bonds. The van der Waals surface area contributed by atoms with E-state index >= 15 is 0 Å². The zero-order chi connectivity index (χ0) is 27.1. The third-order valence-electron chi connectivity index (χ3n) is 7.92. The summed E-state index contributed by atoms with van der Waals surface area (Å²) in [5.41, 5.74) is 1.62. The van der Waals surface area contributed by atoms with E-state index in [2.05, 4.69) is 10.2 Å². The van der Waals surface area contributed by atoms with Gasteiger partial charge in [0.05, 0.1) is 33.1 Å². The van der Waals surface area contributed by atoms with Crippen molar-refractivity contribution in [2.24, 2.45) is 7.05 Å². The third-order valence-corrected chi connectivity index (χ3v) is 8.22. The second-order valence-electron chi connectivity index (χ2n) is 10.4. The third kappa shape index (κ3) is 5.14. The number of piperidine rings is 1. The standard InChI is InChI=1S/C28H31ClF3N5O/c1-35-13-9-21(18-35)34-26(38)27(20-5-7-23(33-17-20)25-4-3-12-36(25)2)10-14-37(15-11-27)24-8-6-19(16-22(24)29)28(30,31)32/h3-8,12,16-17,21H,9-11,13-15,18H2,1-2H3,(H,34,38)/t21-/m0/s1. The van der Waals surface area contributed by atoms with Gasteiger partial charge in [-0.2, -0.15) is 13.2 Å². The molecule has 3 aromatic rings. The molecule has 5 rings (SSSR count). The molecule has 1 N–H and O–H groups in total. The molecule has 2 aliphatic rings. The molecule has 6 nitrogen and oxygen atoms in total. The number of hydrogen-bond donors (Lipinski definition) is 1. The van der Waals surface area contributed by atoms with Gasteiger partial charge in [0.2, 0.25) is 5.91 Å². The molecule has 0 saturated carbocycles. The smallest absolute Gasteiger partial charge is 0.370 e. The number of halogens is 4. The van der Waals surface area contributed by atoms with Crippen LogP contribution in [0.5, 0.6) is 0 Å². The summed E-state index contributed by atoms with van der Waals surface area (Å²) in [4.78, 5) is 22.7. The Morgan fingerprint density at radius 1 is 1.11 bits per heavy atom. The van der Waals surface area contributed by atoms with Gasteiger partial charge >= 0.3 is 6.18 Å². The number of aromatic nitrogens is 2. The minimum atomic E-state index is -4.45. The second kappa shape index (κ2) is 10.3. The van der Waals surface area contributed by atoms with Crippen LogP contribution in [0.2, 0.25) is 5.02 Å². The molecule has 0 unspecified atom stereocenters. The molecule has 2 saturated heterocycles. The first-order valence-corrected chi connectivity index (χ1v) is 13.1. The van der Waals surface area contributed by atoms with Crippen LogP contribution in [0.1, 0.15) is 30.4 Å². The Labute approximate surface area is 225 Å². The summed E-state index contributed by atoms with van der Waals surface area (Å²) < 4.78 is 41.4. The van der Waals surface area contributed by atoms with Crippen molar-refractivity contribution in [2.45, 2.75) is 36.9 Å². The summed E-state index contributed by atoms with van der Waals surface area (Å²) in [5, 5.41) is 3.33. The topological polar surface area (TPSA) is 53.4 Å². The van der Waals surface area contributed by atoms with Crippen molar-refractivity contribution in [3.05, 3.63) is 71.0 Å². The zero-order valence-corrected chi connectivity index (χ0v) is 22.2. The van der Waals surface area contributed by atoms with E-state index in [1.54, 1.807) is 6.20 Å². The molecule has 10 heteroatoms. The molecular weight excluding hydrogens is 515 g/mol. The van der Waals surface area contributed by atoms with Crippen molar-refractivity contribution in [3.63, 3.8) is 0 Å². The highest BCUT2D eigenvalue weighted by Gasteiger charge is 2.44. The number of anilines is 1. The number of likely N-dealkylation sites (N-methyl/N-ethyl adjacent to an activating group) is 1. The molecule has 2 aliphatic heterocycles. The van der Waals surface area contributed by atoms with Gasteiger partial charge in [-0.05, 0) is 74.8 Å². The number of amides is 1. The zero-order valence-electron chi connectivity index (χ0n) is 21.4. The van der Waals surface area contributed by atoms with Crippen LogP contribution in [0, 0.1) is 0 Å². The van der Waals surface area contributed by atoms with Gasteiger partial charge in [0.1, 0.15) is 0 Å². The molecule has 2 fully saturated rings. The molecule has 38 heavy (non-hydrogen) atoms. The van der Waals surface area contributed by atoms with Gasteiger partial charge in [0.25, 0.3) is 0 Å². The molecule has 1 atom stereocenters. The molecule has 0 aliphatic carbocycles. The number of nitrogens with one attached hydrogen (secondary N) is 1. The predicted octanol–water partition coefficient (Wildman–Crippen LogP) is 5.12. The Kier molecular flexibility index (Phi) is 7.17. The first-order chi connectivity index (χ1) is 18.1. The fourth-order valence-corrected chi connectivity index (χ4v) is 5.95. The number of aryl methyl sites for hydroxylation is 1. The van der Waals surface area contributed by atoms with E-state index in [0.717, 1.165) is 48.6 Å². The van der Waals surface area contributed by atoms with Gasteiger partial charge in [0, 0.05) is 45.1 Å². The number of benzene rings is 1. The van der Waals surface area contributed by atoms with Gasteiger partial charge in [-0.25, -0.2) is 0 Å². The van der Waals surface area contributed by atoms with Crippen LogP contribution in [0.15, 0.2) is 54.9 Å². The van der Waals surface area contributed by atoms with E-state index in [-0.39, 0.29) is 17.0 Å². The highest BCUT2D eigenvalue weighted by molar-refractivity contribution is 6.33. The van der Waals surface area contributed by atoms with E-state index in [1.165, 1.54) is 6.07 Å². The van der Waals surface area contributed by atoms with Gasteiger partial charge in [0.15, 0.2) is 0 Å². The number of rotatable bonds is 5. The Morgan fingerprint density at radius 2 is 1.87 bits per heavy atom. The first-order valence-electron chi connectivity index (χ1n) is 12.8. The summed E-state index contributed by atoms with van der Waals surface area (Å²) in [7, 11) is 4.00. The summed E-state index contributed by atoms with van der Waals surface area (Å²) >= 11 is 6.29. The van der Waals surface area contributed by atoms with Crippen LogP contribution in [-0.2, 0) is 23.4 Å². The van der Waals surface area contributed by atoms with Crippen LogP contribution in [0.25, 0.3) is 11.4 Å². The van der Waals surface area contributed by atoms with E-state index in [9.17, 15) is 18.0 Å².